The van der Waals surface area contributed by atoms with Gasteiger partial charge in [0.05, 0.1) is 22.7 Å². The Kier molecular flexibility index (Phi) is 5.11. The molecule has 0 radical (unpaired) electrons. The Morgan fingerprint density at radius 3 is 3.00 bits per heavy atom. The number of carbonyl (C=O) groups is 1. The summed E-state index contributed by atoms with van der Waals surface area (Å²) in [5.74, 6) is -0.485. The summed E-state index contributed by atoms with van der Waals surface area (Å²) >= 11 is 5.96. The van der Waals surface area contributed by atoms with E-state index >= 15 is 0 Å². The van der Waals surface area contributed by atoms with Gasteiger partial charge < -0.3 is 15.0 Å². The summed E-state index contributed by atoms with van der Waals surface area (Å²) in [6.07, 6.45) is -0.130. The molecule has 1 aliphatic heterocycles. The number of nitro benzene ring substituents is 1. The molecule has 1 fully saturated rings. The van der Waals surface area contributed by atoms with Crippen LogP contribution < -0.4 is 5.32 Å². The lowest BCUT2D eigenvalue weighted by Gasteiger charge is -2.28. The topological polar surface area (TPSA) is 84.7 Å². The van der Waals surface area contributed by atoms with Crippen molar-refractivity contribution in [1.82, 2.24) is 10.2 Å². The molecular weight excluding hydrogens is 298 g/mol. The highest BCUT2D eigenvalue weighted by atomic mass is 35.5. The third-order valence-electron chi connectivity index (χ3n) is 3.23. The highest BCUT2D eigenvalue weighted by molar-refractivity contribution is 6.34. The molecule has 0 bridgehead atoms. The molecule has 7 nitrogen and oxygen atoms in total. The third-order valence-corrected chi connectivity index (χ3v) is 3.55. The lowest BCUT2D eigenvalue weighted by molar-refractivity contribution is -0.385. The van der Waals surface area contributed by atoms with Crippen molar-refractivity contribution in [3.8, 4) is 0 Å². The van der Waals surface area contributed by atoms with Crippen molar-refractivity contribution in [2.75, 3.05) is 33.3 Å². The standard InChI is InChI=1S/C13H16ClN3O4/c1-16(8-9-7-15-5-6-21-9)13(18)12-10(14)3-2-4-11(12)17(19)20/h2-4,9,15H,5-8H2,1H3. The van der Waals surface area contributed by atoms with Crippen molar-refractivity contribution in [1.29, 1.82) is 0 Å². The van der Waals surface area contributed by atoms with Crippen LogP contribution in [0.1, 0.15) is 10.4 Å². The smallest absolute Gasteiger partial charge is 0.283 e. The summed E-state index contributed by atoms with van der Waals surface area (Å²) < 4.78 is 5.52. The number of nitro groups is 1. The van der Waals surface area contributed by atoms with Gasteiger partial charge in [0, 0.05) is 32.7 Å². The number of benzene rings is 1. The van der Waals surface area contributed by atoms with E-state index in [9.17, 15) is 14.9 Å². The Morgan fingerprint density at radius 2 is 2.38 bits per heavy atom. The predicted octanol–water partition coefficient (Wildman–Crippen LogP) is 1.31. The number of nitrogens with one attached hydrogen (secondary N) is 1. The van der Waals surface area contributed by atoms with E-state index in [4.69, 9.17) is 16.3 Å². The molecule has 1 unspecified atom stereocenters. The molecule has 0 aliphatic carbocycles. The quantitative estimate of drug-likeness (QED) is 0.669. The highest BCUT2D eigenvalue weighted by Crippen LogP contribution is 2.27. The first-order chi connectivity index (χ1) is 10.0. The monoisotopic (exact) mass is 313 g/mol. The van der Waals surface area contributed by atoms with Crippen LogP contribution >= 0.6 is 11.6 Å². The van der Waals surface area contributed by atoms with E-state index in [1.165, 1.54) is 23.1 Å². The first-order valence-electron chi connectivity index (χ1n) is 6.51. The van der Waals surface area contributed by atoms with Crippen molar-refractivity contribution >= 4 is 23.2 Å². The second kappa shape index (κ2) is 6.84. The minimum atomic E-state index is -0.606. The lowest BCUT2D eigenvalue weighted by atomic mass is 10.1. The number of nitrogens with zero attached hydrogens (tertiary/aromatic N) is 2. The van der Waals surface area contributed by atoms with Gasteiger partial charge in [0.15, 0.2) is 0 Å². The largest absolute Gasteiger partial charge is 0.374 e. The number of carbonyl (C=O) groups excluding carboxylic acids is 1. The van der Waals surface area contributed by atoms with Crippen LogP contribution in [0.4, 0.5) is 5.69 Å². The number of rotatable bonds is 4. The molecule has 2 rings (SSSR count). The number of ether oxygens (including phenoxy) is 1. The lowest BCUT2D eigenvalue weighted by Crippen LogP contribution is -2.45. The summed E-state index contributed by atoms with van der Waals surface area (Å²) in [5.41, 5.74) is -0.377. The summed E-state index contributed by atoms with van der Waals surface area (Å²) in [6, 6.07) is 4.19. The van der Waals surface area contributed by atoms with Crippen molar-refractivity contribution in [3.05, 3.63) is 38.9 Å². The van der Waals surface area contributed by atoms with Crippen LogP contribution in [0.15, 0.2) is 18.2 Å². The SMILES string of the molecule is CN(CC1CNCCO1)C(=O)c1c(Cl)cccc1[N+](=O)[O-]. The van der Waals surface area contributed by atoms with Gasteiger partial charge in [0.1, 0.15) is 5.56 Å². The van der Waals surface area contributed by atoms with Crippen LogP contribution in [0.3, 0.4) is 0 Å². The fourth-order valence-corrected chi connectivity index (χ4v) is 2.44. The Bertz CT molecular complexity index is 546. The van der Waals surface area contributed by atoms with E-state index in [1.807, 2.05) is 0 Å². The van der Waals surface area contributed by atoms with Gasteiger partial charge in [0.2, 0.25) is 0 Å². The Hall–Kier alpha value is -1.70. The zero-order valence-corrected chi connectivity index (χ0v) is 12.3. The number of hydrogen-bond acceptors (Lipinski definition) is 5. The molecule has 0 spiro atoms. The van der Waals surface area contributed by atoms with E-state index in [0.717, 1.165) is 6.54 Å². The number of amides is 1. The van der Waals surface area contributed by atoms with Gasteiger partial charge in [-0.3, -0.25) is 14.9 Å². The fraction of sp³-hybridized carbons (Fsp3) is 0.462. The first kappa shape index (κ1) is 15.7. The molecule has 1 saturated heterocycles. The zero-order valence-electron chi connectivity index (χ0n) is 11.5. The molecule has 21 heavy (non-hydrogen) atoms. The van der Waals surface area contributed by atoms with E-state index < -0.39 is 10.8 Å². The van der Waals surface area contributed by atoms with E-state index in [0.29, 0.717) is 19.7 Å². The average molecular weight is 314 g/mol. The minimum Gasteiger partial charge on any atom is -0.374 e. The summed E-state index contributed by atoms with van der Waals surface area (Å²) in [4.78, 5) is 24.2. The molecule has 1 atom stereocenters. The number of halogens is 1. The molecule has 8 heteroatoms. The van der Waals surface area contributed by atoms with Crippen LogP contribution in [-0.4, -0.2) is 55.1 Å². The highest BCUT2D eigenvalue weighted by Gasteiger charge is 2.27. The van der Waals surface area contributed by atoms with Gasteiger partial charge in [-0.25, -0.2) is 0 Å². The van der Waals surface area contributed by atoms with Crippen LogP contribution in [0, 0.1) is 10.1 Å². The molecule has 1 aromatic carbocycles. The van der Waals surface area contributed by atoms with Gasteiger partial charge in [-0.15, -0.1) is 0 Å². The van der Waals surface area contributed by atoms with Crippen molar-refractivity contribution in [3.63, 3.8) is 0 Å². The molecule has 1 N–H and O–H groups in total. The maximum atomic E-state index is 12.4. The molecule has 1 aliphatic rings. The van der Waals surface area contributed by atoms with E-state index in [-0.39, 0.29) is 22.4 Å². The molecule has 114 valence electrons. The normalized spacial score (nSPS) is 18.3. The molecular formula is C13H16ClN3O4. The molecule has 1 aromatic rings. The van der Waals surface area contributed by atoms with Crippen LogP contribution in [0.25, 0.3) is 0 Å². The fourth-order valence-electron chi connectivity index (χ4n) is 2.19. The van der Waals surface area contributed by atoms with E-state index in [1.54, 1.807) is 7.05 Å². The van der Waals surface area contributed by atoms with Gasteiger partial charge in [-0.05, 0) is 6.07 Å². The van der Waals surface area contributed by atoms with Gasteiger partial charge in [-0.2, -0.15) is 0 Å². The Balaban J connectivity index is 2.17. The second-order valence-electron chi connectivity index (χ2n) is 4.77. The minimum absolute atomic E-state index is 0.0729. The maximum absolute atomic E-state index is 12.4. The predicted molar refractivity (Wildman–Crippen MR) is 77.7 cm³/mol. The average Bonchev–Trinajstić information content (AvgIpc) is 2.47. The molecule has 1 heterocycles. The second-order valence-corrected chi connectivity index (χ2v) is 5.18. The van der Waals surface area contributed by atoms with E-state index in [2.05, 4.69) is 5.32 Å². The Morgan fingerprint density at radius 1 is 1.62 bits per heavy atom. The summed E-state index contributed by atoms with van der Waals surface area (Å²) in [7, 11) is 1.58. The number of morpholine rings is 1. The van der Waals surface area contributed by atoms with Crippen molar-refractivity contribution < 1.29 is 14.5 Å². The van der Waals surface area contributed by atoms with Gasteiger partial charge in [-0.1, -0.05) is 17.7 Å². The zero-order chi connectivity index (χ0) is 15.4. The summed E-state index contributed by atoms with van der Waals surface area (Å²) in [6.45, 7) is 2.35. The summed E-state index contributed by atoms with van der Waals surface area (Å²) in [5, 5.41) is 14.3. The molecule has 0 aromatic heterocycles. The van der Waals surface area contributed by atoms with Crippen LogP contribution in [-0.2, 0) is 4.74 Å². The third kappa shape index (κ3) is 3.69. The first-order valence-corrected chi connectivity index (χ1v) is 6.89. The number of hydrogen-bond donors (Lipinski definition) is 1. The molecule has 0 saturated carbocycles. The maximum Gasteiger partial charge on any atom is 0.283 e. The number of likely N-dealkylation sites (N-methyl/N-ethyl adjacent to an activating group) is 1. The van der Waals surface area contributed by atoms with Crippen LogP contribution in [0.2, 0.25) is 5.02 Å². The Labute approximate surface area is 127 Å². The van der Waals surface area contributed by atoms with Crippen molar-refractivity contribution in [2.24, 2.45) is 0 Å². The van der Waals surface area contributed by atoms with Crippen LogP contribution in [0.5, 0.6) is 0 Å². The van der Waals surface area contributed by atoms with Crippen molar-refractivity contribution in [2.45, 2.75) is 6.10 Å². The van der Waals surface area contributed by atoms with Gasteiger partial charge >= 0.3 is 0 Å². The molecule has 1 amide bonds. The van der Waals surface area contributed by atoms with Gasteiger partial charge in [0.25, 0.3) is 11.6 Å².